The van der Waals surface area contributed by atoms with E-state index in [1.54, 1.807) is 23.0 Å². The Hall–Kier alpha value is 0.610. The highest BCUT2D eigenvalue weighted by Gasteiger charge is 2.24. The molecule has 0 aromatic heterocycles. The second-order valence-electron chi connectivity index (χ2n) is 5.98. The first-order valence-electron chi connectivity index (χ1n) is 5.95. The molecule has 0 aromatic carbocycles. The third-order valence-corrected chi connectivity index (χ3v) is 3.39. The van der Waals surface area contributed by atoms with Gasteiger partial charge in [-0.05, 0) is 38.5 Å². The van der Waals surface area contributed by atoms with Crippen LogP contribution in [0.4, 0.5) is 0 Å². The fourth-order valence-corrected chi connectivity index (χ4v) is 2.17. The summed E-state index contributed by atoms with van der Waals surface area (Å²) in [4.78, 5) is 0. The van der Waals surface area contributed by atoms with Gasteiger partial charge >= 0.3 is 0 Å². The van der Waals surface area contributed by atoms with Crippen molar-refractivity contribution in [3.8, 4) is 0 Å². The summed E-state index contributed by atoms with van der Waals surface area (Å²) < 4.78 is 4.88. The highest BCUT2D eigenvalue weighted by molar-refractivity contribution is 14.1. The molecule has 0 aliphatic carbocycles. The van der Waals surface area contributed by atoms with Crippen molar-refractivity contribution in [2.24, 2.45) is 5.41 Å². The van der Waals surface area contributed by atoms with Crippen molar-refractivity contribution in [1.82, 2.24) is 5.48 Å². The standard InChI is InChI=1S/C12H26INO2/c1-6-11(2,3)8-7-10(15)9-12(4,5)14-16-13/h10,14-15H,6-9H2,1-5H3. The Kier molecular flexibility index (Phi) is 7.41. The van der Waals surface area contributed by atoms with Crippen LogP contribution in [0.15, 0.2) is 0 Å². The van der Waals surface area contributed by atoms with E-state index in [1.807, 2.05) is 13.8 Å². The van der Waals surface area contributed by atoms with Crippen LogP contribution in [0.2, 0.25) is 0 Å². The zero-order chi connectivity index (χ0) is 12.8. The lowest BCUT2D eigenvalue weighted by molar-refractivity contribution is 0.0701. The van der Waals surface area contributed by atoms with Crippen LogP contribution in [0, 0.1) is 5.41 Å². The molecule has 0 radical (unpaired) electrons. The molecule has 4 heteroatoms. The Labute approximate surface area is 114 Å². The van der Waals surface area contributed by atoms with Gasteiger partial charge < -0.3 is 5.11 Å². The molecule has 1 atom stereocenters. The van der Waals surface area contributed by atoms with Crippen LogP contribution >= 0.6 is 23.0 Å². The predicted molar refractivity (Wildman–Crippen MR) is 76.2 cm³/mol. The van der Waals surface area contributed by atoms with Gasteiger partial charge in [-0.25, -0.2) is 3.17 Å². The van der Waals surface area contributed by atoms with Gasteiger partial charge in [0.2, 0.25) is 0 Å². The minimum absolute atomic E-state index is 0.184. The Morgan fingerprint density at radius 3 is 2.31 bits per heavy atom. The number of aliphatic hydroxyl groups excluding tert-OH is 1. The van der Waals surface area contributed by atoms with Crippen molar-refractivity contribution < 1.29 is 8.27 Å². The van der Waals surface area contributed by atoms with E-state index in [0.29, 0.717) is 11.8 Å². The number of hydrogen-bond donors (Lipinski definition) is 2. The van der Waals surface area contributed by atoms with Crippen LogP contribution in [0.3, 0.4) is 0 Å². The third-order valence-electron chi connectivity index (χ3n) is 3.17. The largest absolute Gasteiger partial charge is 0.393 e. The highest BCUT2D eigenvalue weighted by Crippen LogP contribution is 2.28. The molecular weight excluding hydrogens is 317 g/mol. The molecule has 2 N–H and O–H groups in total. The average molecular weight is 343 g/mol. The summed E-state index contributed by atoms with van der Waals surface area (Å²) in [6.07, 6.45) is 3.51. The van der Waals surface area contributed by atoms with E-state index < -0.39 is 0 Å². The van der Waals surface area contributed by atoms with Crippen molar-refractivity contribution in [3.63, 3.8) is 0 Å². The van der Waals surface area contributed by atoms with Crippen LogP contribution in [-0.4, -0.2) is 16.7 Å². The summed E-state index contributed by atoms with van der Waals surface area (Å²) in [7, 11) is 0. The van der Waals surface area contributed by atoms with Crippen LogP contribution in [0.25, 0.3) is 0 Å². The first kappa shape index (κ1) is 16.6. The molecule has 0 bridgehead atoms. The lowest BCUT2D eigenvalue weighted by Crippen LogP contribution is -2.40. The van der Waals surface area contributed by atoms with Crippen LogP contribution in [0.1, 0.15) is 60.3 Å². The molecule has 0 fully saturated rings. The van der Waals surface area contributed by atoms with E-state index in [0.717, 1.165) is 19.3 Å². The van der Waals surface area contributed by atoms with Gasteiger partial charge in [0, 0.05) is 5.54 Å². The second kappa shape index (κ2) is 7.13. The van der Waals surface area contributed by atoms with Crippen molar-refractivity contribution >= 4 is 23.0 Å². The monoisotopic (exact) mass is 343 g/mol. The maximum atomic E-state index is 9.97. The number of halogens is 1. The van der Waals surface area contributed by atoms with E-state index in [-0.39, 0.29) is 11.6 Å². The summed E-state index contributed by atoms with van der Waals surface area (Å²) in [6.45, 7) is 10.7. The number of rotatable bonds is 8. The molecule has 0 aliphatic rings. The average Bonchev–Trinajstić information content (AvgIpc) is 2.14. The summed E-state index contributed by atoms with van der Waals surface area (Å²) in [6, 6.07) is 0. The Balaban J connectivity index is 3.95. The summed E-state index contributed by atoms with van der Waals surface area (Å²) in [5.41, 5.74) is 3.04. The molecule has 0 aliphatic heterocycles. The molecule has 98 valence electrons. The smallest absolute Gasteiger partial charge is 0.136 e. The molecule has 16 heavy (non-hydrogen) atoms. The molecule has 0 heterocycles. The molecule has 0 saturated carbocycles. The fraction of sp³-hybridized carbons (Fsp3) is 1.00. The van der Waals surface area contributed by atoms with Gasteiger partial charge in [0.15, 0.2) is 0 Å². The summed E-state index contributed by atoms with van der Waals surface area (Å²) in [5.74, 6) is 0. The summed E-state index contributed by atoms with van der Waals surface area (Å²) in [5, 5.41) is 9.97. The minimum atomic E-state index is -0.264. The van der Waals surface area contributed by atoms with Crippen molar-refractivity contribution in [2.45, 2.75) is 71.9 Å². The topological polar surface area (TPSA) is 41.5 Å². The lowest BCUT2D eigenvalue weighted by Gasteiger charge is -2.29. The number of nitrogens with one attached hydrogen (secondary N) is 1. The number of hydrogen-bond acceptors (Lipinski definition) is 3. The SMILES string of the molecule is CCC(C)(C)CCC(O)CC(C)(C)NOI. The van der Waals surface area contributed by atoms with Gasteiger partial charge in [0.25, 0.3) is 0 Å². The van der Waals surface area contributed by atoms with Crippen LogP contribution < -0.4 is 5.48 Å². The minimum Gasteiger partial charge on any atom is -0.393 e. The van der Waals surface area contributed by atoms with Gasteiger partial charge in [0.1, 0.15) is 23.0 Å². The quantitative estimate of drug-likeness (QED) is 0.523. The van der Waals surface area contributed by atoms with E-state index in [1.165, 1.54) is 0 Å². The third kappa shape index (κ3) is 7.81. The fourth-order valence-electron chi connectivity index (χ4n) is 1.57. The van der Waals surface area contributed by atoms with Crippen LogP contribution in [-0.2, 0) is 3.17 Å². The number of hydroxylamine groups is 1. The maximum Gasteiger partial charge on any atom is 0.136 e. The Bertz CT molecular complexity index is 195. The zero-order valence-electron chi connectivity index (χ0n) is 11.1. The van der Waals surface area contributed by atoms with Crippen molar-refractivity contribution in [2.75, 3.05) is 0 Å². The predicted octanol–water partition coefficient (Wildman–Crippen LogP) is 3.60. The molecular formula is C12H26INO2. The van der Waals surface area contributed by atoms with E-state index in [2.05, 4.69) is 26.3 Å². The Morgan fingerprint density at radius 1 is 1.31 bits per heavy atom. The van der Waals surface area contributed by atoms with Crippen LogP contribution in [0.5, 0.6) is 0 Å². The van der Waals surface area contributed by atoms with Crippen molar-refractivity contribution in [1.29, 1.82) is 0 Å². The zero-order valence-corrected chi connectivity index (χ0v) is 13.3. The van der Waals surface area contributed by atoms with Crippen molar-refractivity contribution in [3.05, 3.63) is 0 Å². The molecule has 0 spiro atoms. The molecule has 0 saturated heterocycles. The first-order chi connectivity index (χ1) is 7.22. The summed E-state index contributed by atoms with van der Waals surface area (Å²) >= 11 is 1.81. The first-order valence-corrected chi connectivity index (χ1v) is 6.83. The maximum absolute atomic E-state index is 9.97. The number of aliphatic hydroxyl groups is 1. The van der Waals surface area contributed by atoms with E-state index >= 15 is 0 Å². The Morgan fingerprint density at radius 2 is 1.88 bits per heavy atom. The molecule has 3 nitrogen and oxygen atoms in total. The van der Waals surface area contributed by atoms with E-state index in [4.69, 9.17) is 3.17 Å². The molecule has 0 aromatic rings. The highest BCUT2D eigenvalue weighted by atomic mass is 127. The van der Waals surface area contributed by atoms with E-state index in [9.17, 15) is 5.11 Å². The second-order valence-corrected chi connectivity index (χ2v) is 6.42. The lowest BCUT2D eigenvalue weighted by atomic mass is 9.83. The van der Waals surface area contributed by atoms with Gasteiger partial charge in [-0.2, -0.15) is 5.48 Å². The molecule has 1 unspecified atom stereocenters. The van der Waals surface area contributed by atoms with Gasteiger partial charge in [-0.1, -0.05) is 27.2 Å². The van der Waals surface area contributed by atoms with Gasteiger partial charge in [0.05, 0.1) is 6.10 Å². The van der Waals surface area contributed by atoms with Gasteiger partial charge in [-0.15, -0.1) is 0 Å². The molecule has 0 rings (SSSR count). The van der Waals surface area contributed by atoms with Gasteiger partial charge in [-0.3, -0.25) is 0 Å². The molecule has 0 amide bonds. The normalized spacial score (nSPS) is 15.2.